The van der Waals surface area contributed by atoms with Crippen LogP contribution in [0.1, 0.15) is 18.9 Å². The molecule has 10 heteroatoms. The lowest BCUT2D eigenvalue weighted by atomic mass is 10.0. The second-order valence-corrected chi connectivity index (χ2v) is 8.66. The first-order valence-electron chi connectivity index (χ1n) is 9.24. The number of H-pyrrole nitrogens is 1. The monoisotopic (exact) mass is 442 g/mol. The van der Waals surface area contributed by atoms with Crippen LogP contribution in [0.3, 0.4) is 0 Å². The molecule has 0 aliphatic carbocycles. The smallest absolute Gasteiger partial charge is 0.238 e. The van der Waals surface area contributed by atoms with Crippen molar-refractivity contribution in [2.75, 3.05) is 5.32 Å². The molecule has 0 spiro atoms. The summed E-state index contributed by atoms with van der Waals surface area (Å²) in [6.45, 7) is 2.11. The van der Waals surface area contributed by atoms with E-state index in [-0.39, 0.29) is 4.90 Å². The maximum atomic E-state index is 11.4. The van der Waals surface area contributed by atoms with Gasteiger partial charge in [-0.2, -0.15) is 0 Å². The number of nitrogens with one attached hydrogen (secondary N) is 2. The minimum Gasteiger partial charge on any atom is -0.358 e. The van der Waals surface area contributed by atoms with Gasteiger partial charge in [-0.1, -0.05) is 24.9 Å². The van der Waals surface area contributed by atoms with Crippen LogP contribution in [-0.4, -0.2) is 28.4 Å². The lowest BCUT2D eigenvalue weighted by molar-refractivity contribution is 0.598. The van der Waals surface area contributed by atoms with Crippen LogP contribution < -0.4 is 10.5 Å². The molecule has 0 aliphatic rings. The third kappa shape index (κ3) is 4.00. The van der Waals surface area contributed by atoms with Crippen molar-refractivity contribution in [1.82, 2.24) is 19.9 Å². The number of aromatic nitrogens is 4. The largest absolute Gasteiger partial charge is 0.358 e. The number of anilines is 2. The van der Waals surface area contributed by atoms with E-state index in [4.69, 9.17) is 16.7 Å². The van der Waals surface area contributed by atoms with E-state index in [1.165, 1.54) is 12.1 Å². The Balaban J connectivity index is 1.70. The number of aromatic amines is 1. The Morgan fingerprint density at radius 2 is 1.93 bits per heavy atom. The summed E-state index contributed by atoms with van der Waals surface area (Å²) in [4.78, 5) is 16.4. The van der Waals surface area contributed by atoms with Crippen LogP contribution in [0.15, 0.2) is 53.8 Å². The van der Waals surface area contributed by atoms with E-state index in [1.807, 2.05) is 12.3 Å². The Bertz CT molecular complexity index is 1320. The highest BCUT2D eigenvalue weighted by Crippen LogP contribution is 2.34. The highest BCUT2D eigenvalue weighted by Gasteiger charge is 2.15. The molecule has 4 N–H and O–H groups in total. The predicted molar refractivity (Wildman–Crippen MR) is 117 cm³/mol. The van der Waals surface area contributed by atoms with Crippen LogP contribution in [0.25, 0.3) is 22.2 Å². The Labute approximate surface area is 178 Å². The minimum absolute atomic E-state index is 0.0375. The normalized spacial score (nSPS) is 11.7. The molecule has 154 valence electrons. The zero-order chi connectivity index (χ0) is 21.3. The number of sulfonamides is 1. The van der Waals surface area contributed by atoms with Gasteiger partial charge in [-0.05, 0) is 42.3 Å². The van der Waals surface area contributed by atoms with Crippen molar-refractivity contribution < 1.29 is 8.42 Å². The van der Waals surface area contributed by atoms with Crippen LogP contribution in [0, 0.1) is 0 Å². The summed E-state index contributed by atoms with van der Waals surface area (Å²) >= 11 is 6.27. The molecule has 0 unspecified atom stereocenters. The summed E-state index contributed by atoms with van der Waals surface area (Å²) in [6.07, 6.45) is 7.18. The Kier molecular flexibility index (Phi) is 5.42. The number of hydrogen-bond acceptors (Lipinski definition) is 6. The number of pyridine rings is 1. The fraction of sp³-hybridized carbons (Fsp3) is 0.150. The van der Waals surface area contributed by atoms with Gasteiger partial charge in [0.25, 0.3) is 0 Å². The highest BCUT2D eigenvalue weighted by molar-refractivity contribution is 7.89. The van der Waals surface area contributed by atoms with Crippen LogP contribution in [0.5, 0.6) is 0 Å². The first kappa shape index (κ1) is 20.3. The van der Waals surface area contributed by atoms with E-state index < -0.39 is 10.0 Å². The Hall–Kier alpha value is -3.01. The van der Waals surface area contributed by atoms with Crippen molar-refractivity contribution >= 4 is 44.2 Å². The third-order valence-electron chi connectivity index (χ3n) is 4.63. The van der Waals surface area contributed by atoms with Gasteiger partial charge >= 0.3 is 0 Å². The number of benzene rings is 1. The summed E-state index contributed by atoms with van der Waals surface area (Å²) in [5, 5.41) is 9.63. The van der Waals surface area contributed by atoms with Gasteiger partial charge in [0.2, 0.25) is 16.0 Å². The zero-order valence-corrected chi connectivity index (χ0v) is 17.6. The first-order valence-corrected chi connectivity index (χ1v) is 11.2. The van der Waals surface area contributed by atoms with Gasteiger partial charge < -0.3 is 10.3 Å². The molecule has 0 saturated heterocycles. The van der Waals surface area contributed by atoms with E-state index >= 15 is 0 Å². The number of primary sulfonamides is 1. The molecule has 0 amide bonds. The van der Waals surface area contributed by atoms with Crippen molar-refractivity contribution in [3.63, 3.8) is 0 Å². The predicted octanol–water partition coefficient (Wildman–Crippen LogP) is 4.02. The number of halogens is 1. The van der Waals surface area contributed by atoms with Crippen molar-refractivity contribution in [1.29, 1.82) is 0 Å². The molecule has 0 bridgehead atoms. The maximum absolute atomic E-state index is 11.4. The van der Waals surface area contributed by atoms with Crippen LogP contribution in [0.2, 0.25) is 5.15 Å². The van der Waals surface area contributed by atoms with Crippen LogP contribution >= 0.6 is 11.6 Å². The van der Waals surface area contributed by atoms with Gasteiger partial charge in [0.15, 0.2) is 5.15 Å². The summed E-state index contributed by atoms with van der Waals surface area (Å²) in [5.41, 5.74) is 4.15. The van der Waals surface area contributed by atoms with Crippen molar-refractivity contribution in [3.05, 3.63) is 59.6 Å². The first-order chi connectivity index (χ1) is 14.4. The zero-order valence-electron chi connectivity index (χ0n) is 16.1. The Morgan fingerprint density at radius 1 is 1.17 bits per heavy atom. The molecule has 0 saturated carbocycles. The molecule has 30 heavy (non-hydrogen) atoms. The molecule has 3 heterocycles. The molecule has 3 aromatic heterocycles. The van der Waals surface area contributed by atoms with E-state index in [2.05, 4.69) is 32.2 Å². The summed E-state index contributed by atoms with van der Waals surface area (Å²) < 4.78 is 22.8. The lowest BCUT2D eigenvalue weighted by Gasteiger charge is -2.08. The molecule has 0 radical (unpaired) electrons. The van der Waals surface area contributed by atoms with Gasteiger partial charge in [-0.3, -0.25) is 0 Å². The molecule has 0 aliphatic heterocycles. The average molecular weight is 443 g/mol. The number of nitrogens with two attached hydrogens (primary N) is 1. The fourth-order valence-electron chi connectivity index (χ4n) is 3.27. The van der Waals surface area contributed by atoms with Crippen molar-refractivity contribution in [3.8, 4) is 11.3 Å². The molecule has 4 rings (SSSR count). The summed E-state index contributed by atoms with van der Waals surface area (Å²) in [7, 11) is -3.74. The van der Waals surface area contributed by atoms with E-state index in [1.54, 1.807) is 24.5 Å². The maximum Gasteiger partial charge on any atom is 0.238 e. The lowest BCUT2D eigenvalue weighted by Crippen LogP contribution is -2.11. The second-order valence-electron chi connectivity index (χ2n) is 6.74. The third-order valence-corrected chi connectivity index (χ3v) is 5.85. The number of aryl methyl sites for hydroxylation is 1. The molecule has 0 atom stereocenters. The standard InChI is InChI=1S/C20H19ClN6O2S/c1-2-3-12-10-25-19(21)18-17(12)15(11-24-18)16-8-9-23-20(27-16)26-13-4-6-14(7-5-13)30(22,28)29/h4-11,24H,2-3H2,1H3,(H2,22,28,29)(H,23,26,27). The molecule has 4 aromatic rings. The molecular formula is C20H19ClN6O2S. The molecule has 0 fully saturated rings. The van der Waals surface area contributed by atoms with Gasteiger partial charge in [0.05, 0.1) is 16.1 Å². The summed E-state index contributed by atoms with van der Waals surface area (Å²) in [6, 6.07) is 7.88. The number of hydrogen-bond donors (Lipinski definition) is 3. The van der Waals surface area contributed by atoms with E-state index in [9.17, 15) is 8.42 Å². The summed E-state index contributed by atoms with van der Waals surface area (Å²) in [5.74, 6) is 0.377. The highest BCUT2D eigenvalue weighted by atomic mass is 35.5. The van der Waals surface area contributed by atoms with Gasteiger partial charge in [-0.15, -0.1) is 0 Å². The van der Waals surface area contributed by atoms with Crippen LogP contribution in [-0.2, 0) is 16.4 Å². The molecule has 1 aromatic carbocycles. The molecular weight excluding hydrogens is 424 g/mol. The topological polar surface area (TPSA) is 127 Å². The average Bonchev–Trinajstić information content (AvgIpc) is 3.17. The fourth-order valence-corrected chi connectivity index (χ4v) is 3.98. The second kappa shape index (κ2) is 8.02. The van der Waals surface area contributed by atoms with Gasteiger partial charge in [-0.25, -0.2) is 28.5 Å². The van der Waals surface area contributed by atoms with Crippen molar-refractivity contribution in [2.45, 2.75) is 24.7 Å². The van der Waals surface area contributed by atoms with Crippen molar-refractivity contribution in [2.24, 2.45) is 5.14 Å². The van der Waals surface area contributed by atoms with E-state index in [0.717, 1.165) is 40.6 Å². The van der Waals surface area contributed by atoms with Gasteiger partial charge in [0.1, 0.15) is 0 Å². The molecule has 8 nitrogen and oxygen atoms in total. The number of fused-ring (bicyclic) bond motifs is 1. The van der Waals surface area contributed by atoms with Crippen LogP contribution in [0.4, 0.5) is 11.6 Å². The SMILES string of the molecule is CCCc1cnc(Cl)c2[nH]cc(-c3ccnc(Nc4ccc(S(N)(=O)=O)cc4)n3)c12. The number of rotatable bonds is 6. The quantitative estimate of drug-likeness (QED) is 0.387. The minimum atomic E-state index is -3.74. The van der Waals surface area contributed by atoms with E-state index in [0.29, 0.717) is 16.8 Å². The number of nitrogens with zero attached hydrogens (tertiary/aromatic N) is 3. The Morgan fingerprint density at radius 3 is 2.63 bits per heavy atom. The van der Waals surface area contributed by atoms with Gasteiger partial charge in [0, 0.05) is 35.2 Å².